The van der Waals surface area contributed by atoms with E-state index in [1.165, 1.54) is 44.3 Å². The van der Waals surface area contributed by atoms with E-state index in [2.05, 4.69) is 55.5 Å². The van der Waals surface area contributed by atoms with Gasteiger partial charge in [-0.15, -0.1) is 0 Å². The summed E-state index contributed by atoms with van der Waals surface area (Å²) < 4.78 is 0. The predicted molar refractivity (Wildman–Crippen MR) is 135 cm³/mol. The van der Waals surface area contributed by atoms with Crippen LogP contribution in [-0.2, 0) is 0 Å². The van der Waals surface area contributed by atoms with Gasteiger partial charge < -0.3 is 15.2 Å². The van der Waals surface area contributed by atoms with Crippen LogP contribution in [0.25, 0.3) is 33.4 Å². The lowest BCUT2D eigenvalue weighted by molar-refractivity contribution is 0.184. The zero-order chi connectivity index (χ0) is 23.1. The first kappa shape index (κ1) is 21.3. The molecule has 6 rings (SSSR count). The maximum absolute atomic E-state index is 12.6. The Morgan fingerprint density at radius 1 is 1.03 bits per heavy atom. The van der Waals surface area contributed by atoms with Crippen LogP contribution in [0, 0.1) is 0 Å². The number of rotatable bonds is 6. The zero-order valence-corrected chi connectivity index (χ0v) is 19.4. The summed E-state index contributed by atoms with van der Waals surface area (Å²) in [5.41, 5.74) is 5.07. The van der Waals surface area contributed by atoms with Gasteiger partial charge in [0.1, 0.15) is 0 Å². The van der Waals surface area contributed by atoms with Crippen LogP contribution in [0.2, 0.25) is 0 Å². The number of nitrogens with zero attached hydrogens (tertiary/aromatic N) is 3. The average Bonchev–Trinajstić information content (AvgIpc) is 3.63. The molecule has 0 amide bonds. The average molecular weight is 455 g/mol. The van der Waals surface area contributed by atoms with Gasteiger partial charge in [0.2, 0.25) is 0 Å². The fourth-order valence-corrected chi connectivity index (χ4v) is 5.16. The van der Waals surface area contributed by atoms with Crippen LogP contribution in [0.4, 0.5) is 0 Å². The van der Waals surface area contributed by atoms with Crippen molar-refractivity contribution in [3.05, 3.63) is 70.8 Å². The Morgan fingerprint density at radius 2 is 1.82 bits per heavy atom. The lowest BCUT2D eigenvalue weighted by Gasteiger charge is -2.34. The molecule has 1 aliphatic heterocycles. The first-order valence-corrected chi connectivity index (χ1v) is 12.3. The number of pyridine rings is 1. The van der Waals surface area contributed by atoms with Crippen molar-refractivity contribution in [2.45, 2.75) is 50.7 Å². The van der Waals surface area contributed by atoms with Gasteiger partial charge in [0, 0.05) is 47.0 Å². The van der Waals surface area contributed by atoms with Crippen LogP contribution in [0.15, 0.2) is 59.7 Å². The third-order valence-electron chi connectivity index (χ3n) is 7.29. The number of aromatic amines is 2. The summed E-state index contributed by atoms with van der Waals surface area (Å²) in [5, 5.41) is 11.8. The molecule has 1 aliphatic carbocycles. The molecule has 1 atom stereocenters. The fraction of sp³-hybridized carbons (Fsp3) is 0.370. The normalized spacial score (nSPS) is 18.4. The van der Waals surface area contributed by atoms with E-state index in [-0.39, 0.29) is 11.6 Å². The van der Waals surface area contributed by atoms with Crippen molar-refractivity contribution in [1.29, 1.82) is 0 Å². The quantitative estimate of drug-likeness (QED) is 0.405. The molecule has 0 radical (unpaired) electrons. The Labute approximate surface area is 198 Å². The van der Waals surface area contributed by atoms with E-state index < -0.39 is 0 Å². The second kappa shape index (κ2) is 8.81. The van der Waals surface area contributed by atoms with Crippen molar-refractivity contribution in [2.24, 2.45) is 0 Å². The van der Waals surface area contributed by atoms with Crippen molar-refractivity contribution in [3.8, 4) is 22.5 Å². The summed E-state index contributed by atoms with van der Waals surface area (Å²) in [6.07, 6.45) is 8.67. The highest BCUT2D eigenvalue weighted by atomic mass is 16.1. The predicted octanol–water partition coefficient (Wildman–Crippen LogP) is 4.26. The molecule has 4 heterocycles. The standard InChI is InChI=1S/C27H30N6O/c1-17(29-21-8-12-33(13-9-21)22-4-5-22)19-2-3-20-15-26(30-24(20)14-19)23-16-25(31-32-27(23)34)18-6-10-28-11-7-18/h2-3,6-7,10-11,14-17,21-22,29-30H,4-5,8-9,12-13H2,1H3,(H,32,34). The van der Waals surface area contributed by atoms with Crippen molar-refractivity contribution in [3.63, 3.8) is 0 Å². The molecule has 2 fully saturated rings. The summed E-state index contributed by atoms with van der Waals surface area (Å²) >= 11 is 0. The number of H-pyrrole nitrogens is 2. The lowest BCUT2D eigenvalue weighted by atomic mass is 10.0. The Bertz CT molecular complexity index is 1350. The minimum atomic E-state index is -0.211. The van der Waals surface area contributed by atoms with Gasteiger partial charge in [-0.1, -0.05) is 12.1 Å². The molecule has 0 spiro atoms. The van der Waals surface area contributed by atoms with Crippen LogP contribution in [0.3, 0.4) is 0 Å². The third-order valence-corrected chi connectivity index (χ3v) is 7.29. The molecular weight excluding hydrogens is 424 g/mol. The first-order chi connectivity index (χ1) is 16.6. The van der Waals surface area contributed by atoms with Crippen LogP contribution >= 0.6 is 0 Å². The summed E-state index contributed by atoms with van der Waals surface area (Å²) in [4.78, 5) is 22.8. The fourth-order valence-electron chi connectivity index (χ4n) is 5.16. The smallest absolute Gasteiger partial charge is 0.273 e. The van der Waals surface area contributed by atoms with Gasteiger partial charge in [-0.2, -0.15) is 5.10 Å². The van der Waals surface area contributed by atoms with Gasteiger partial charge in [0.05, 0.1) is 17.0 Å². The molecule has 1 aromatic carbocycles. The van der Waals surface area contributed by atoms with E-state index in [4.69, 9.17) is 0 Å². The van der Waals surface area contributed by atoms with E-state index in [1.54, 1.807) is 12.4 Å². The highest BCUT2D eigenvalue weighted by Gasteiger charge is 2.32. The molecule has 4 aromatic rings. The number of aromatic nitrogens is 4. The molecule has 3 N–H and O–H groups in total. The minimum absolute atomic E-state index is 0.211. The van der Waals surface area contributed by atoms with Crippen LogP contribution in [-0.4, -0.2) is 50.2 Å². The lowest BCUT2D eigenvalue weighted by Crippen LogP contribution is -2.44. The number of likely N-dealkylation sites (tertiary alicyclic amines) is 1. The van der Waals surface area contributed by atoms with Gasteiger partial charge in [0.25, 0.3) is 5.56 Å². The van der Waals surface area contributed by atoms with Gasteiger partial charge in [-0.25, -0.2) is 5.10 Å². The van der Waals surface area contributed by atoms with E-state index in [0.717, 1.165) is 28.2 Å². The molecule has 174 valence electrons. The van der Waals surface area contributed by atoms with Gasteiger partial charge in [0.15, 0.2) is 0 Å². The molecule has 1 unspecified atom stereocenters. The Kier molecular flexibility index (Phi) is 5.51. The number of hydrogen-bond donors (Lipinski definition) is 3. The highest BCUT2D eigenvalue weighted by molar-refractivity contribution is 5.86. The maximum atomic E-state index is 12.6. The van der Waals surface area contributed by atoms with Gasteiger partial charge in [-0.05, 0) is 81.6 Å². The SMILES string of the molecule is CC(NC1CCN(C2CC2)CC1)c1ccc2cc(-c3cc(-c4ccncc4)n[nH]c3=O)[nH]c2c1. The molecular formula is C27H30N6O. The second-order valence-corrected chi connectivity index (χ2v) is 9.69. The molecule has 34 heavy (non-hydrogen) atoms. The van der Waals surface area contributed by atoms with Crippen molar-refractivity contribution >= 4 is 10.9 Å². The summed E-state index contributed by atoms with van der Waals surface area (Å²) in [7, 11) is 0. The maximum Gasteiger partial charge on any atom is 0.273 e. The van der Waals surface area contributed by atoms with E-state index >= 15 is 0 Å². The summed E-state index contributed by atoms with van der Waals surface area (Å²) in [6, 6.07) is 15.9. The van der Waals surface area contributed by atoms with Crippen LogP contribution in [0.5, 0.6) is 0 Å². The molecule has 3 aromatic heterocycles. The molecule has 0 bridgehead atoms. The van der Waals surface area contributed by atoms with Crippen LogP contribution in [0.1, 0.15) is 44.2 Å². The van der Waals surface area contributed by atoms with E-state index in [0.29, 0.717) is 17.3 Å². The number of piperidine rings is 1. The monoisotopic (exact) mass is 454 g/mol. The molecule has 1 saturated carbocycles. The van der Waals surface area contributed by atoms with Gasteiger partial charge in [-0.3, -0.25) is 9.78 Å². The molecule has 1 saturated heterocycles. The number of benzene rings is 1. The number of nitrogens with one attached hydrogen (secondary N) is 3. The topological polar surface area (TPSA) is 89.7 Å². The van der Waals surface area contributed by atoms with E-state index in [1.807, 2.05) is 24.3 Å². The Morgan fingerprint density at radius 3 is 2.59 bits per heavy atom. The van der Waals surface area contributed by atoms with Crippen molar-refractivity contribution < 1.29 is 0 Å². The second-order valence-electron chi connectivity index (χ2n) is 9.69. The van der Waals surface area contributed by atoms with Crippen LogP contribution < -0.4 is 10.9 Å². The number of hydrogen-bond acceptors (Lipinski definition) is 5. The summed E-state index contributed by atoms with van der Waals surface area (Å²) in [6.45, 7) is 4.68. The third kappa shape index (κ3) is 4.29. The van der Waals surface area contributed by atoms with Crippen molar-refractivity contribution in [2.75, 3.05) is 13.1 Å². The molecule has 2 aliphatic rings. The highest BCUT2D eigenvalue weighted by Crippen LogP contribution is 2.30. The number of fused-ring (bicyclic) bond motifs is 1. The zero-order valence-electron chi connectivity index (χ0n) is 19.4. The summed E-state index contributed by atoms with van der Waals surface area (Å²) in [5.74, 6) is 0. The van der Waals surface area contributed by atoms with Gasteiger partial charge >= 0.3 is 0 Å². The Balaban J connectivity index is 1.21. The molecule has 7 heteroatoms. The minimum Gasteiger partial charge on any atom is -0.354 e. The Hall–Kier alpha value is -3.29. The molecule has 7 nitrogen and oxygen atoms in total. The first-order valence-electron chi connectivity index (χ1n) is 12.3. The van der Waals surface area contributed by atoms with E-state index in [9.17, 15) is 4.79 Å². The van der Waals surface area contributed by atoms with Crippen molar-refractivity contribution in [1.82, 2.24) is 30.4 Å². The largest absolute Gasteiger partial charge is 0.354 e.